The molecule has 1 rings (SSSR count). The SMILES string of the molecule is COCCNC/C(C)=C/c1cc(F)cc(Cl)c1. The number of benzene rings is 1. The van der Waals surface area contributed by atoms with Gasteiger partial charge in [0.15, 0.2) is 0 Å². The van der Waals surface area contributed by atoms with Crippen LogP contribution >= 0.6 is 11.6 Å². The fraction of sp³-hybridized carbons (Fsp3) is 0.385. The average molecular weight is 258 g/mol. The highest BCUT2D eigenvalue weighted by Crippen LogP contribution is 2.16. The molecule has 0 saturated heterocycles. The Labute approximate surface area is 106 Å². The van der Waals surface area contributed by atoms with Crippen LogP contribution in [0.25, 0.3) is 6.08 Å². The van der Waals surface area contributed by atoms with Gasteiger partial charge < -0.3 is 10.1 Å². The third-order valence-corrected chi connectivity index (χ3v) is 2.40. The van der Waals surface area contributed by atoms with Crippen LogP contribution in [0.1, 0.15) is 12.5 Å². The first kappa shape index (κ1) is 14.2. The molecule has 1 N–H and O–H groups in total. The highest BCUT2D eigenvalue weighted by molar-refractivity contribution is 6.30. The minimum atomic E-state index is -0.316. The lowest BCUT2D eigenvalue weighted by molar-refractivity contribution is 0.200. The number of hydrogen-bond donors (Lipinski definition) is 1. The van der Waals surface area contributed by atoms with Crippen molar-refractivity contribution >= 4 is 17.7 Å². The predicted octanol–water partition coefficient (Wildman–Crippen LogP) is 3.12. The van der Waals surface area contributed by atoms with E-state index >= 15 is 0 Å². The molecular formula is C13H17ClFNO. The van der Waals surface area contributed by atoms with E-state index in [1.54, 1.807) is 13.2 Å². The van der Waals surface area contributed by atoms with Gasteiger partial charge in [-0.2, -0.15) is 0 Å². The van der Waals surface area contributed by atoms with Gasteiger partial charge in [-0.1, -0.05) is 23.3 Å². The molecule has 1 aromatic rings. The van der Waals surface area contributed by atoms with Crippen LogP contribution in [0, 0.1) is 5.82 Å². The lowest BCUT2D eigenvalue weighted by atomic mass is 10.1. The van der Waals surface area contributed by atoms with Crippen LogP contribution in [-0.2, 0) is 4.74 Å². The van der Waals surface area contributed by atoms with Crippen molar-refractivity contribution in [3.8, 4) is 0 Å². The molecule has 0 fully saturated rings. The lowest BCUT2D eigenvalue weighted by Gasteiger charge is -2.05. The Balaban J connectivity index is 2.54. The van der Waals surface area contributed by atoms with Gasteiger partial charge in [-0.05, 0) is 30.7 Å². The summed E-state index contributed by atoms with van der Waals surface area (Å²) in [4.78, 5) is 0. The maximum absolute atomic E-state index is 13.1. The Morgan fingerprint density at radius 3 is 2.88 bits per heavy atom. The standard InChI is InChI=1S/C13H17ClFNO/c1-10(9-16-3-4-17-2)5-11-6-12(14)8-13(15)7-11/h5-8,16H,3-4,9H2,1-2H3/b10-5+. The van der Waals surface area contributed by atoms with Crippen LogP contribution in [0.4, 0.5) is 4.39 Å². The van der Waals surface area contributed by atoms with Crippen LogP contribution in [0.15, 0.2) is 23.8 Å². The maximum atomic E-state index is 13.1. The quantitative estimate of drug-likeness (QED) is 0.791. The van der Waals surface area contributed by atoms with Crippen LogP contribution in [0.5, 0.6) is 0 Å². The van der Waals surface area contributed by atoms with E-state index in [9.17, 15) is 4.39 Å². The highest BCUT2D eigenvalue weighted by atomic mass is 35.5. The van der Waals surface area contributed by atoms with Gasteiger partial charge in [0.2, 0.25) is 0 Å². The lowest BCUT2D eigenvalue weighted by Crippen LogP contribution is -2.20. The third-order valence-electron chi connectivity index (χ3n) is 2.18. The topological polar surface area (TPSA) is 21.3 Å². The zero-order valence-corrected chi connectivity index (χ0v) is 10.9. The number of hydrogen-bond acceptors (Lipinski definition) is 2. The van der Waals surface area contributed by atoms with Gasteiger partial charge in [-0.15, -0.1) is 0 Å². The summed E-state index contributed by atoms with van der Waals surface area (Å²) >= 11 is 5.78. The van der Waals surface area contributed by atoms with E-state index in [0.29, 0.717) is 11.6 Å². The van der Waals surface area contributed by atoms with Crippen molar-refractivity contribution in [1.82, 2.24) is 5.32 Å². The first-order valence-electron chi connectivity index (χ1n) is 5.44. The number of rotatable bonds is 6. The van der Waals surface area contributed by atoms with E-state index in [1.165, 1.54) is 12.1 Å². The second-order valence-electron chi connectivity index (χ2n) is 3.86. The molecule has 0 unspecified atom stereocenters. The first-order valence-corrected chi connectivity index (χ1v) is 5.82. The molecule has 0 atom stereocenters. The summed E-state index contributed by atoms with van der Waals surface area (Å²) in [6, 6.07) is 4.50. The van der Waals surface area contributed by atoms with Crippen molar-refractivity contribution in [3.05, 3.63) is 40.2 Å². The summed E-state index contributed by atoms with van der Waals surface area (Å²) in [6.07, 6.45) is 1.91. The van der Waals surface area contributed by atoms with Crippen molar-refractivity contribution in [2.75, 3.05) is 26.8 Å². The zero-order valence-electron chi connectivity index (χ0n) is 10.1. The molecule has 0 bridgehead atoms. The molecule has 0 heterocycles. The summed E-state index contributed by atoms with van der Waals surface area (Å²) in [6.45, 7) is 4.21. The van der Waals surface area contributed by atoms with Crippen LogP contribution in [0.2, 0.25) is 5.02 Å². The van der Waals surface area contributed by atoms with Gasteiger partial charge in [0.25, 0.3) is 0 Å². The molecule has 0 aliphatic rings. The molecule has 1 aromatic carbocycles. The molecule has 0 radical (unpaired) electrons. The summed E-state index contributed by atoms with van der Waals surface area (Å²) in [5.41, 5.74) is 1.89. The van der Waals surface area contributed by atoms with E-state index in [1.807, 2.05) is 13.0 Å². The number of halogens is 2. The molecule has 0 amide bonds. The predicted molar refractivity (Wildman–Crippen MR) is 69.8 cm³/mol. The average Bonchev–Trinajstić information content (AvgIpc) is 2.23. The summed E-state index contributed by atoms with van der Waals surface area (Å²) in [5, 5.41) is 3.63. The molecule has 0 spiro atoms. The third kappa shape index (κ3) is 5.82. The molecule has 17 heavy (non-hydrogen) atoms. The second-order valence-corrected chi connectivity index (χ2v) is 4.30. The molecule has 0 aliphatic carbocycles. The number of nitrogens with one attached hydrogen (secondary N) is 1. The molecule has 0 aromatic heterocycles. The van der Waals surface area contributed by atoms with Crippen LogP contribution < -0.4 is 5.32 Å². The van der Waals surface area contributed by atoms with Crippen LogP contribution in [0.3, 0.4) is 0 Å². The molecular weight excluding hydrogens is 241 g/mol. The maximum Gasteiger partial charge on any atom is 0.125 e. The Bertz CT molecular complexity index is 373. The Kier molecular flexibility index (Phi) is 6.19. The Hall–Kier alpha value is -0.900. The van der Waals surface area contributed by atoms with Gasteiger partial charge in [0, 0.05) is 25.2 Å². The molecule has 0 aliphatic heterocycles. The smallest absolute Gasteiger partial charge is 0.125 e. The van der Waals surface area contributed by atoms with E-state index in [-0.39, 0.29) is 5.82 Å². The van der Waals surface area contributed by atoms with E-state index in [0.717, 1.165) is 24.2 Å². The molecule has 4 heteroatoms. The van der Waals surface area contributed by atoms with Gasteiger partial charge in [0.05, 0.1) is 6.61 Å². The largest absolute Gasteiger partial charge is 0.383 e. The normalized spacial score (nSPS) is 11.9. The van der Waals surface area contributed by atoms with Crippen molar-refractivity contribution in [2.45, 2.75) is 6.92 Å². The van der Waals surface area contributed by atoms with Gasteiger partial charge in [0.1, 0.15) is 5.82 Å². The van der Waals surface area contributed by atoms with E-state index in [2.05, 4.69) is 5.32 Å². The number of ether oxygens (including phenoxy) is 1. The Morgan fingerprint density at radius 1 is 1.47 bits per heavy atom. The van der Waals surface area contributed by atoms with Crippen molar-refractivity contribution in [3.63, 3.8) is 0 Å². The highest BCUT2D eigenvalue weighted by Gasteiger charge is 1.98. The van der Waals surface area contributed by atoms with Crippen molar-refractivity contribution < 1.29 is 9.13 Å². The minimum Gasteiger partial charge on any atom is -0.383 e. The Morgan fingerprint density at radius 2 is 2.24 bits per heavy atom. The van der Waals surface area contributed by atoms with Crippen molar-refractivity contribution in [1.29, 1.82) is 0 Å². The van der Waals surface area contributed by atoms with E-state index < -0.39 is 0 Å². The number of methoxy groups -OCH3 is 1. The molecule has 2 nitrogen and oxygen atoms in total. The van der Waals surface area contributed by atoms with Crippen LogP contribution in [-0.4, -0.2) is 26.8 Å². The fourth-order valence-electron chi connectivity index (χ4n) is 1.45. The molecule has 94 valence electrons. The van der Waals surface area contributed by atoms with E-state index in [4.69, 9.17) is 16.3 Å². The van der Waals surface area contributed by atoms with Gasteiger partial charge >= 0.3 is 0 Å². The summed E-state index contributed by atoms with van der Waals surface area (Å²) in [7, 11) is 1.67. The van der Waals surface area contributed by atoms with Gasteiger partial charge in [-0.25, -0.2) is 4.39 Å². The molecule has 0 saturated carbocycles. The van der Waals surface area contributed by atoms with Gasteiger partial charge in [-0.3, -0.25) is 0 Å². The monoisotopic (exact) mass is 257 g/mol. The zero-order chi connectivity index (χ0) is 12.7. The minimum absolute atomic E-state index is 0.316. The second kappa shape index (κ2) is 7.43. The first-order chi connectivity index (χ1) is 8.11. The summed E-state index contributed by atoms with van der Waals surface area (Å²) < 4.78 is 18.0. The summed E-state index contributed by atoms with van der Waals surface area (Å²) in [5.74, 6) is -0.316. The van der Waals surface area contributed by atoms with Crippen molar-refractivity contribution in [2.24, 2.45) is 0 Å². The fourth-order valence-corrected chi connectivity index (χ4v) is 1.68.